The molecule has 1 saturated heterocycles. The number of carbonyl (C=O) groups excluding carboxylic acids is 1. The predicted octanol–water partition coefficient (Wildman–Crippen LogP) is 3.27. The van der Waals surface area contributed by atoms with Gasteiger partial charge in [-0.1, -0.05) is 24.3 Å². The fourth-order valence-corrected chi connectivity index (χ4v) is 2.60. The number of esters is 1. The molecule has 5 nitrogen and oxygen atoms in total. The Labute approximate surface area is 130 Å². The lowest BCUT2D eigenvalue weighted by molar-refractivity contribution is 0.0600. The molecule has 0 spiro atoms. The summed E-state index contributed by atoms with van der Waals surface area (Å²) < 4.78 is 4.66. The maximum Gasteiger partial charge on any atom is 0.407 e. The molecule has 0 aromatic heterocycles. The highest BCUT2D eigenvalue weighted by molar-refractivity contribution is 5.89. The van der Waals surface area contributed by atoms with Gasteiger partial charge in [0.05, 0.1) is 12.7 Å². The number of allylic oxidation sites excluding steroid dienone is 1. The molecule has 118 valence electrons. The maximum absolute atomic E-state index is 11.3. The maximum atomic E-state index is 11.3. The Kier molecular flexibility index (Phi) is 5.58. The second-order valence-electron chi connectivity index (χ2n) is 5.46. The third-order valence-electron chi connectivity index (χ3n) is 4.00. The summed E-state index contributed by atoms with van der Waals surface area (Å²) in [5.41, 5.74) is 1.58. The van der Waals surface area contributed by atoms with Gasteiger partial charge in [0.15, 0.2) is 0 Å². The zero-order chi connectivity index (χ0) is 15.9. The second kappa shape index (κ2) is 7.64. The summed E-state index contributed by atoms with van der Waals surface area (Å²) in [6.45, 7) is 1.25. The van der Waals surface area contributed by atoms with E-state index >= 15 is 0 Å². The van der Waals surface area contributed by atoms with E-state index in [-0.39, 0.29) is 5.97 Å². The molecular formula is C17H21NO4. The first-order chi connectivity index (χ1) is 10.6. The van der Waals surface area contributed by atoms with Crippen LogP contribution in [0.3, 0.4) is 0 Å². The van der Waals surface area contributed by atoms with Gasteiger partial charge in [-0.05, 0) is 42.9 Å². The van der Waals surface area contributed by atoms with Crippen molar-refractivity contribution in [2.45, 2.75) is 19.3 Å². The summed E-state index contributed by atoms with van der Waals surface area (Å²) in [4.78, 5) is 23.6. The Morgan fingerprint density at radius 1 is 1.27 bits per heavy atom. The van der Waals surface area contributed by atoms with Crippen molar-refractivity contribution in [3.8, 4) is 0 Å². The van der Waals surface area contributed by atoms with Gasteiger partial charge in [0, 0.05) is 13.1 Å². The Morgan fingerprint density at radius 2 is 1.91 bits per heavy atom. The second-order valence-corrected chi connectivity index (χ2v) is 5.46. The first-order valence-electron chi connectivity index (χ1n) is 7.43. The smallest absolute Gasteiger partial charge is 0.407 e. The van der Waals surface area contributed by atoms with Crippen LogP contribution in [-0.4, -0.2) is 42.3 Å². The van der Waals surface area contributed by atoms with Gasteiger partial charge in [-0.25, -0.2) is 9.59 Å². The SMILES string of the molecule is COC(=O)c1ccc(/C=C/CC2CCN(C(=O)O)CC2)cc1. The number of carboxylic acid groups (broad SMARTS) is 1. The molecule has 0 bridgehead atoms. The van der Waals surface area contributed by atoms with Crippen LogP contribution >= 0.6 is 0 Å². The van der Waals surface area contributed by atoms with Crippen molar-refractivity contribution >= 4 is 18.1 Å². The normalized spacial score (nSPS) is 16.0. The number of carbonyl (C=O) groups is 2. The van der Waals surface area contributed by atoms with E-state index in [1.165, 1.54) is 12.0 Å². The van der Waals surface area contributed by atoms with E-state index in [1.54, 1.807) is 12.1 Å². The number of ether oxygens (including phenoxy) is 1. The third kappa shape index (κ3) is 4.35. The molecule has 2 rings (SSSR count). The standard InChI is InChI=1S/C17H21NO4/c1-22-16(19)15-7-5-13(6-8-15)3-2-4-14-9-11-18(12-10-14)17(20)21/h2-3,5-8,14H,4,9-12H2,1H3,(H,20,21)/b3-2+. The molecule has 1 N–H and O–H groups in total. The molecule has 1 heterocycles. The van der Waals surface area contributed by atoms with Crippen LogP contribution in [0.15, 0.2) is 30.3 Å². The van der Waals surface area contributed by atoms with Crippen molar-refractivity contribution in [1.82, 2.24) is 4.90 Å². The highest BCUT2D eigenvalue weighted by atomic mass is 16.5. The number of amides is 1. The molecular weight excluding hydrogens is 282 g/mol. The van der Waals surface area contributed by atoms with Crippen LogP contribution in [0.25, 0.3) is 6.08 Å². The molecule has 1 aromatic rings. The lowest BCUT2D eigenvalue weighted by atomic mass is 9.93. The Balaban J connectivity index is 1.81. The number of hydrogen-bond donors (Lipinski definition) is 1. The van der Waals surface area contributed by atoms with Gasteiger partial charge in [0.25, 0.3) is 0 Å². The molecule has 1 amide bonds. The Morgan fingerprint density at radius 3 is 2.45 bits per heavy atom. The summed E-state index contributed by atoms with van der Waals surface area (Å²) >= 11 is 0. The fourth-order valence-electron chi connectivity index (χ4n) is 2.60. The summed E-state index contributed by atoms with van der Waals surface area (Å²) in [5.74, 6) is 0.210. The summed E-state index contributed by atoms with van der Waals surface area (Å²) in [6, 6.07) is 7.26. The average Bonchev–Trinajstić information content (AvgIpc) is 2.55. The Hall–Kier alpha value is -2.30. The minimum Gasteiger partial charge on any atom is -0.465 e. The molecule has 0 unspecified atom stereocenters. The number of likely N-dealkylation sites (tertiary alicyclic amines) is 1. The van der Waals surface area contributed by atoms with E-state index in [0.29, 0.717) is 24.6 Å². The number of hydrogen-bond acceptors (Lipinski definition) is 3. The molecule has 22 heavy (non-hydrogen) atoms. The number of piperidine rings is 1. The van der Waals surface area contributed by atoms with Gasteiger partial charge in [-0.3, -0.25) is 0 Å². The van der Waals surface area contributed by atoms with Crippen LogP contribution in [0.1, 0.15) is 35.2 Å². The summed E-state index contributed by atoms with van der Waals surface area (Å²) in [5, 5.41) is 8.91. The van der Waals surface area contributed by atoms with Crippen LogP contribution in [0, 0.1) is 5.92 Å². The van der Waals surface area contributed by atoms with Gasteiger partial charge < -0.3 is 14.7 Å². The average molecular weight is 303 g/mol. The minimum absolute atomic E-state index is 0.333. The highest BCUT2D eigenvalue weighted by Gasteiger charge is 2.21. The largest absolute Gasteiger partial charge is 0.465 e. The van der Waals surface area contributed by atoms with Gasteiger partial charge in [-0.15, -0.1) is 0 Å². The first kappa shape index (κ1) is 16.1. The lowest BCUT2D eigenvalue weighted by Crippen LogP contribution is -2.37. The molecule has 1 fully saturated rings. The van der Waals surface area contributed by atoms with Crippen LogP contribution in [0.4, 0.5) is 4.79 Å². The van der Waals surface area contributed by atoms with Crippen LogP contribution in [0.2, 0.25) is 0 Å². The zero-order valence-corrected chi connectivity index (χ0v) is 12.7. The minimum atomic E-state index is -0.820. The number of nitrogens with zero attached hydrogens (tertiary/aromatic N) is 1. The number of benzene rings is 1. The van der Waals surface area contributed by atoms with E-state index in [2.05, 4.69) is 10.8 Å². The Bertz CT molecular complexity index is 542. The van der Waals surface area contributed by atoms with Gasteiger partial charge >= 0.3 is 12.1 Å². The fraction of sp³-hybridized carbons (Fsp3) is 0.412. The van der Waals surface area contributed by atoms with Gasteiger partial charge in [0.2, 0.25) is 0 Å². The highest BCUT2D eigenvalue weighted by Crippen LogP contribution is 2.21. The number of methoxy groups -OCH3 is 1. The molecule has 0 aliphatic carbocycles. The van der Waals surface area contributed by atoms with E-state index in [4.69, 9.17) is 5.11 Å². The number of rotatable bonds is 4. The van der Waals surface area contributed by atoms with Crippen molar-refractivity contribution < 1.29 is 19.4 Å². The van der Waals surface area contributed by atoms with Crippen molar-refractivity contribution in [2.24, 2.45) is 5.92 Å². The van der Waals surface area contributed by atoms with Crippen molar-refractivity contribution in [1.29, 1.82) is 0 Å². The molecule has 0 radical (unpaired) electrons. The monoisotopic (exact) mass is 303 g/mol. The molecule has 1 aromatic carbocycles. The van der Waals surface area contributed by atoms with Crippen LogP contribution in [0.5, 0.6) is 0 Å². The summed E-state index contributed by atoms with van der Waals surface area (Å²) in [7, 11) is 1.37. The van der Waals surface area contributed by atoms with E-state index < -0.39 is 6.09 Å². The molecule has 0 atom stereocenters. The van der Waals surface area contributed by atoms with Crippen LogP contribution in [-0.2, 0) is 4.74 Å². The molecule has 1 aliphatic heterocycles. The topological polar surface area (TPSA) is 66.8 Å². The van der Waals surface area contributed by atoms with Crippen molar-refractivity contribution in [3.05, 3.63) is 41.5 Å². The van der Waals surface area contributed by atoms with Gasteiger partial charge in [-0.2, -0.15) is 0 Å². The quantitative estimate of drug-likeness (QED) is 0.867. The molecule has 1 aliphatic rings. The lowest BCUT2D eigenvalue weighted by Gasteiger charge is -2.29. The molecule has 5 heteroatoms. The predicted molar refractivity (Wildman–Crippen MR) is 83.8 cm³/mol. The van der Waals surface area contributed by atoms with Crippen molar-refractivity contribution in [3.63, 3.8) is 0 Å². The van der Waals surface area contributed by atoms with Crippen LogP contribution < -0.4 is 0 Å². The van der Waals surface area contributed by atoms with E-state index in [9.17, 15) is 9.59 Å². The zero-order valence-electron chi connectivity index (χ0n) is 12.7. The molecule has 0 saturated carbocycles. The van der Waals surface area contributed by atoms with E-state index in [0.717, 1.165) is 24.8 Å². The first-order valence-corrected chi connectivity index (χ1v) is 7.43. The van der Waals surface area contributed by atoms with E-state index in [1.807, 2.05) is 18.2 Å². The van der Waals surface area contributed by atoms with Crippen molar-refractivity contribution in [2.75, 3.05) is 20.2 Å². The van der Waals surface area contributed by atoms with Gasteiger partial charge in [0.1, 0.15) is 0 Å². The third-order valence-corrected chi connectivity index (χ3v) is 4.00. The summed E-state index contributed by atoms with van der Waals surface area (Å²) in [6.07, 6.45) is 6.11.